The molecule has 3 heteroatoms. The highest BCUT2D eigenvalue weighted by Crippen LogP contribution is 2.22. The van der Waals surface area contributed by atoms with Gasteiger partial charge in [-0.1, -0.05) is 19.1 Å². The number of ketones is 1. The van der Waals surface area contributed by atoms with Gasteiger partial charge in [-0.2, -0.15) is 0 Å². The summed E-state index contributed by atoms with van der Waals surface area (Å²) < 4.78 is 18.5. The van der Waals surface area contributed by atoms with E-state index >= 15 is 0 Å². The number of benzene rings is 1. The van der Waals surface area contributed by atoms with E-state index in [-0.39, 0.29) is 23.3 Å². The minimum atomic E-state index is -0.367. The number of carbonyl (C=O) groups excluding carboxylic acids is 1. The van der Waals surface area contributed by atoms with E-state index in [1.807, 2.05) is 0 Å². The Bertz CT molecular complexity index is 361. The normalized spacial score (nSPS) is 12.3. The maximum atomic E-state index is 13.7. The Labute approximate surface area is 89.1 Å². The van der Waals surface area contributed by atoms with Gasteiger partial charge in [0.2, 0.25) is 0 Å². The third-order valence-electron chi connectivity index (χ3n) is 2.48. The van der Waals surface area contributed by atoms with E-state index in [0.717, 1.165) is 0 Å². The third kappa shape index (κ3) is 2.78. The van der Waals surface area contributed by atoms with Crippen LogP contribution in [0.3, 0.4) is 0 Å². The van der Waals surface area contributed by atoms with Gasteiger partial charge in [-0.3, -0.25) is 4.79 Å². The lowest BCUT2D eigenvalue weighted by atomic mass is 9.97. The molecule has 0 aliphatic rings. The quantitative estimate of drug-likeness (QED) is 0.763. The molecule has 0 saturated carbocycles. The van der Waals surface area contributed by atoms with Crippen LogP contribution in [0, 0.1) is 11.7 Å². The molecule has 0 fully saturated rings. The van der Waals surface area contributed by atoms with E-state index < -0.39 is 0 Å². The number of methoxy groups -OCH3 is 1. The molecule has 0 aliphatic heterocycles. The van der Waals surface area contributed by atoms with Crippen molar-refractivity contribution >= 4 is 5.78 Å². The smallest absolute Gasteiger partial charge is 0.168 e. The van der Waals surface area contributed by atoms with Crippen molar-refractivity contribution in [1.29, 1.82) is 0 Å². The minimum Gasteiger partial charge on any atom is -0.494 e. The fourth-order valence-corrected chi connectivity index (χ4v) is 1.35. The highest BCUT2D eigenvalue weighted by atomic mass is 19.1. The van der Waals surface area contributed by atoms with Crippen LogP contribution in [0.25, 0.3) is 0 Å². The monoisotopic (exact) mass is 210 g/mol. The summed E-state index contributed by atoms with van der Waals surface area (Å²) in [5.74, 6) is -0.236. The van der Waals surface area contributed by atoms with Crippen molar-refractivity contribution in [3.8, 4) is 5.75 Å². The Morgan fingerprint density at radius 3 is 2.73 bits per heavy atom. The molecule has 1 aromatic rings. The zero-order valence-corrected chi connectivity index (χ0v) is 9.21. The molecule has 1 atom stereocenters. The largest absolute Gasteiger partial charge is 0.494 e. The van der Waals surface area contributed by atoms with Crippen molar-refractivity contribution in [3.05, 3.63) is 29.6 Å². The van der Waals surface area contributed by atoms with Gasteiger partial charge in [0.15, 0.2) is 11.6 Å². The summed E-state index contributed by atoms with van der Waals surface area (Å²) in [6, 6.07) is 4.97. The summed E-state index contributed by atoms with van der Waals surface area (Å²) >= 11 is 0. The number of hydrogen-bond donors (Lipinski definition) is 0. The average Bonchev–Trinajstić information content (AvgIpc) is 2.21. The van der Waals surface area contributed by atoms with Gasteiger partial charge in [0, 0.05) is 5.92 Å². The number of Topliss-reactive ketones (excluding diaryl/α,β-unsaturated/α-hetero) is 1. The van der Waals surface area contributed by atoms with Crippen molar-refractivity contribution in [2.45, 2.75) is 20.3 Å². The van der Waals surface area contributed by atoms with E-state index in [2.05, 4.69) is 0 Å². The maximum absolute atomic E-state index is 13.7. The van der Waals surface area contributed by atoms with E-state index in [0.29, 0.717) is 12.0 Å². The van der Waals surface area contributed by atoms with Crippen molar-refractivity contribution in [1.82, 2.24) is 0 Å². The minimum absolute atomic E-state index is 0.0669. The fourth-order valence-electron chi connectivity index (χ4n) is 1.35. The first-order valence-corrected chi connectivity index (χ1v) is 4.88. The van der Waals surface area contributed by atoms with Crippen LogP contribution in [-0.2, 0) is 11.2 Å². The van der Waals surface area contributed by atoms with Crippen LogP contribution in [0.1, 0.15) is 19.4 Å². The maximum Gasteiger partial charge on any atom is 0.168 e. The lowest BCUT2D eigenvalue weighted by Gasteiger charge is -2.10. The van der Waals surface area contributed by atoms with Gasteiger partial charge >= 0.3 is 0 Å². The molecule has 0 bridgehead atoms. The first-order valence-electron chi connectivity index (χ1n) is 4.88. The molecule has 1 unspecified atom stereocenters. The van der Waals surface area contributed by atoms with Crippen molar-refractivity contribution in [3.63, 3.8) is 0 Å². The third-order valence-corrected chi connectivity index (χ3v) is 2.48. The van der Waals surface area contributed by atoms with E-state index in [1.165, 1.54) is 14.0 Å². The Morgan fingerprint density at radius 1 is 1.53 bits per heavy atom. The van der Waals surface area contributed by atoms with Gasteiger partial charge in [-0.25, -0.2) is 4.39 Å². The number of carbonyl (C=O) groups is 1. The van der Waals surface area contributed by atoms with Gasteiger partial charge in [0.25, 0.3) is 0 Å². The molecular weight excluding hydrogens is 195 g/mol. The lowest BCUT2D eigenvalue weighted by Crippen LogP contribution is -2.10. The van der Waals surface area contributed by atoms with Crippen LogP contribution in [0.15, 0.2) is 18.2 Å². The van der Waals surface area contributed by atoms with Crippen molar-refractivity contribution in [2.24, 2.45) is 5.92 Å². The molecule has 2 nitrogen and oxygen atoms in total. The van der Waals surface area contributed by atoms with Crippen molar-refractivity contribution < 1.29 is 13.9 Å². The van der Waals surface area contributed by atoms with Crippen LogP contribution in [-0.4, -0.2) is 12.9 Å². The lowest BCUT2D eigenvalue weighted by molar-refractivity contribution is -0.120. The molecule has 0 saturated heterocycles. The Hall–Kier alpha value is -1.38. The molecule has 0 N–H and O–H groups in total. The zero-order chi connectivity index (χ0) is 11.4. The first kappa shape index (κ1) is 11.7. The summed E-state index contributed by atoms with van der Waals surface area (Å²) in [7, 11) is 1.43. The molecule has 1 rings (SSSR count). The number of hydrogen-bond acceptors (Lipinski definition) is 2. The Kier molecular flexibility index (Phi) is 3.83. The van der Waals surface area contributed by atoms with Crippen LogP contribution < -0.4 is 4.74 Å². The molecule has 0 aliphatic carbocycles. The predicted molar refractivity (Wildman–Crippen MR) is 56.5 cm³/mol. The van der Waals surface area contributed by atoms with Gasteiger partial charge in [0.1, 0.15) is 5.78 Å². The van der Waals surface area contributed by atoms with E-state index in [1.54, 1.807) is 25.1 Å². The second-order valence-electron chi connectivity index (χ2n) is 3.65. The summed E-state index contributed by atoms with van der Waals surface area (Å²) in [6.45, 7) is 3.31. The second kappa shape index (κ2) is 4.91. The highest BCUT2D eigenvalue weighted by Gasteiger charge is 2.14. The van der Waals surface area contributed by atoms with Crippen LogP contribution in [0.5, 0.6) is 5.75 Å². The molecule has 0 aromatic heterocycles. The van der Waals surface area contributed by atoms with Gasteiger partial charge in [-0.15, -0.1) is 0 Å². The van der Waals surface area contributed by atoms with Crippen LogP contribution >= 0.6 is 0 Å². The summed E-state index contributed by atoms with van der Waals surface area (Å²) in [6.07, 6.45) is 0.415. The molecule has 1 aromatic carbocycles. The van der Waals surface area contributed by atoms with E-state index in [4.69, 9.17) is 4.74 Å². The fraction of sp³-hybridized carbons (Fsp3) is 0.417. The molecule has 0 heterocycles. The molecule has 15 heavy (non-hydrogen) atoms. The predicted octanol–water partition coefficient (Wildman–Crippen LogP) is 2.60. The molecule has 82 valence electrons. The standard InChI is InChI=1S/C12H15FO2/c1-8(9(2)14)7-10-5-4-6-11(15-3)12(10)13/h4-6,8H,7H2,1-3H3. The zero-order valence-electron chi connectivity index (χ0n) is 9.21. The SMILES string of the molecule is COc1cccc(CC(C)C(C)=O)c1F. The Balaban J connectivity index is 2.90. The van der Waals surface area contributed by atoms with Crippen LogP contribution in [0.4, 0.5) is 4.39 Å². The topological polar surface area (TPSA) is 26.3 Å². The summed E-state index contributed by atoms with van der Waals surface area (Å²) in [5, 5.41) is 0. The van der Waals surface area contributed by atoms with Gasteiger partial charge < -0.3 is 4.74 Å². The van der Waals surface area contributed by atoms with Crippen LogP contribution in [0.2, 0.25) is 0 Å². The summed E-state index contributed by atoms with van der Waals surface area (Å²) in [5.41, 5.74) is 0.525. The van der Waals surface area contributed by atoms with Crippen molar-refractivity contribution in [2.75, 3.05) is 7.11 Å². The number of rotatable bonds is 4. The summed E-state index contributed by atoms with van der Waals surface area (Å²) in [4.78, 5) is 11.1. The number of halogens is 1. The highest BCUT2D eigenvalue weighted by molar-refractivity contribution is 5.78. The average molecular weight is 210 g/mol. The second-order valence-corrected chi connectivity index (χ2v) is 3.65. The first-order chi connectivity index (χ1) is 7.06. The van der Waals surface area contributed by atoms with Gasteiger partial charge in [0.05, 0.1) is 7.11 Å². The molecular formula is C12H15FO2. The Morgan fingerprint density at radius 2 is 2.20 bits per heavy atom. The molecule has 0 spiro atoms. The molecule has 0 radical (unpaired) electrons. The van der Waals surface area contributed by atoms with E-state index in [9.17, 15) is 9.18 Å². The number of ether oxygens (including phenoxy) is 1. The molecule has 0 amide bonds. The van der Waals surface area contributed by atoms with Gasteiger partial charge in [-0.05, 0) is 25.0 Å².